The fourth-order valence-electron chi connectivity index (χ4n) is 5.11. The molecular weight excluding hydrogens is 464 g/mol. The Kier molecular flexibility index (Phi) is 10.1. The van der Waals surface area contributed by atoms with Crippen LogP contribution in [0.2, 0.25) is 0 Å². The average molecular weight is 507 g/mol. The number of rotatable bonds is 12. The van der Waals surface area contributed by atoms with Crippen LogP contribution in [0.3, 0.4) is 0 Å². The van der Waals surface area contributed by atoms with Crippen molar-refractivity contribution < 1.29 is 0 Å². The lowest BCUT2D eigenvalue weighted by atomic mass is 9.83. The highest BCUT2D eigenvalue weighted by molar-refractivity contribution is 7.99. The quantitative estimate of drug-likeness (QED) is 0.184. The molecule has 0 saturated heterocycles. The van der Waals surface area contributed by atoms with Crippen molar-refractivity contribution in [3.8, 4) is 0 Å². The van der Waals surface area contributed by atoms with Gasteiger partial charge in [-0.3, -0.25) is 0 Å². The molecular formula is C36H42S. The highest BCUT2D eigenvalue weighted by Gasteiger charge is 2.18. The van der Waals surface area contributed by atoms with Crippen molar-refractivity contribution in [3.63, 3.8) is 0 Å². The standard InChI is InChI=1S/C36H42S/c1-5-27(3)25-35(29-13-9-7-10-14-29)31-17-21-33(22-18-31)37-34-23-19-32(20-24-34)36(26-28(4)6-2)30-15-11-8-12-16-30/h7-24,27-28,35-36H,5-6,25-26H2,1-4H3. The minimum atomic E-state index is 0.454. The first-order valence-electron chi connectivity index (χ1n) is 14.0. The van der Waals surface area contributed by atoms with Crippen molar-refractivity contribution in [2.75, 3.05) is 0 Å². The van der Waals surface area contributed by atoms with Crippen LogP contribution >= 0.6 is 11.8 Å². The Labute approximate surface area is 229 Å². The molecule has 0 spiro atoms. The van der Waals surface area contributed by atoms with Gasteiger partial charge in [-0.05, 0) is 71.2 Å². The molecule has 0 amide bonds. The maximum atomic E-state index is 2.37. The molecule has 4 rings (SSSR count). The lowest BCUT2D eigenvalue weighted by Crippen LogP contribution is -2.06. The minimum absolute atomic E-state index is 0.454. The second-order valence-electron chi connectivity index (χ2n) is 10.7. The molecule has 4 aromatic carbocycles. The monoisotopic (exact) mass is 506 g/mol. The van der Waals surface area contributed by atoms with Gasteiger partial charge in [-0.2, -0.15) is 0 Å². The summed E-state index contributed by atoms with van der Waals surface area (Å²) in [5.41, 5.74) is 5.68. The second-order valence-corrected chi connectivity index (χ2v) is 11.8. The fraction of sp³-hybridized carbons (Fsp3) is 0.333. The first-order chi connectivity index (χ1) is 18.1. The molecule has 0 fully saturated rings. The number of benzene rings is 4. The van der Waals surface area contributed by atoms with Crippen LogP contribution in [0, 0.1) is 11.8 Å². The van der Waals surface area contributed by atoms with E-state index in [9.17, 15) is 0 Å². The third-order valence-corrected chi connectivity index (χ3v) is 8.89. The van der Waals surface area contributed by atoms with E-state index in [0.717, 1.165) is 0 Å². The highest BCUT2D eigenvalue weighted by Crippen LogP contribution is 2.36. The summed E-state index contributed by atoms with van der Waals surface area (Å²) in [5, 5.41) is 0. The lowest BCUT2D eigenvalue weighted by molar-refractivity contribution is 0.484. The van der Waals surface area contributed by atoms with Crippen molar-refractivity contribution in [1.82, 2.24) is 0 Å². The molecule has 0 N–H and O–H groups in total. The van der Waals surface area contributed by atoms with Gasteiger partial charge in [0.1, 0.15) is 0 Å². The summed E-state index contributed by atoms with van der Waals surface area (Å²) in [6, 6.07) is 40.6. The maximum Gasteiger partial charge on any atom is 0.0122 e. The van der Waals surface area contributed by atoms with Gasteiger partial charge in [0, 0.05) is 21.6 Å². The fourth-order valence-corrected chi connectivity index (χ4v) is 5.93. The molecule has 0 aliphatic heterocycles. The van der Waals surface area contributed by atoms with Gasteiger partial charge >= 0.3 is 0 Å². The normalized spacial score (nSPS) is 14.6. The van der Waals surface area contributed by atoms with Crippen molar-refractivity contribution in [2.24, 2.45) is 11.8 Å². The molecule has 0 saturated carbocycles. The zero-order valence-electron chi connectivity index (χ0n) is 22.9. The predicted octanol–water partition coefficient (Wildman–Crippen LogP) is 11.0. The van der Waals surface area contributed by atoms with Crippen LogP contribution in [0.15, 0.2) is 119 Å². The largest absolute Gasteiger partial charge is 0.0901 e. The predicted molar refractivity (Wildman–Crippen MR) is 162 cm³/mol. The molecule has 0 aliphatic rings. The Balaban J connectivity index is 1.49. The van der Waals surface area contributed by atoms with Crippen LogP contribution in [0.1, 0.15) is 87.5 Å². The zero-order valence-corrected chi connectivity index (χ0v) is 23.8. The van der Waals surface area contributed by atoms with E-state index < -0.39 is 0 Å². The second kappa shape index (κ2) is 13.7. The summed E-state index contributed by atoms with van der Waals surface area (Å²) in [7, 11) is 0. The van der Waals surface area contributed by atoms with Crippen molar-refractivity contribution in [3.05, 3.63) is 131 Å². The van der Waals surface area contributed by atoms with E-state index in [1.54, 1.807) is 0 Å². The molecule has 0 aliphatic carbocycles. The third kappa shape index (κ3) is 7.62. The van der Waals surface area contributed by atoms with Crippen molar-refractivity contribution in [1.29, 1.82) is 0 Å². The molecule has 0 bridgehead atoms. The van der Waals surface area contributed by atoms with Gasteiger partial charge in [-0.1, -0.05) is 137 Å². The Morgan fingerprint density at radius 1 is 0.459 bits per heavy atom. The Bertz CT molecular complexity index is 1080. The molecule has 0 nitrogen and oxygen atoms in total. The van der Waals surface area contributed by atoms with E-state index in [0.29, 0.717) is 23.7 Å². The molecule has 4 unspecified atom stereocenters. The van der Waals surface area contributed by atoms with E-state index in [1.165, 1.54) is 57.7 Å². The van der Waals surface area contributed by atoms with Crippen LogP contribution in [0.25, 0.3) is 0 Å². The van der Waals surface area contributed by atoms with E-state index in [4.69, 9.17) is 0 Å². The molecule has 37 heavy (non-hydrogen) atoms. The van der Waals surface area contributed by atoms with E-state index in [2.05, 4.69) is 137 Å². The van der Waals surface area contributed by atoms with Crippen molar-refractivity contribution >= 4 is 11.8 Å². The van der Waals surface area contributed by atoms with Gasteiger partial charge in [-0.15, -0.1) is 0 Å². The molecule has 192 valence electrons. The summed E-state index contributed by atoms with van der Waals surface area (Å²) >= 11 is 1.86. The maximum absolute atomic E-state index is 2.37. The van der Waals surface area contributed by atoms with Gasteiger partial charge in [0.25, 0.3) is 0 Å². The van der Waals surface area contributed by atoms with Crippen LogP contribution in [0.5, 0.6) is 0 Å². The number of hydrogen-bond donors (Lipinski definition) is 0. The zero-order chi connectivity index (χ0) is 26.0. The molecule has 1 heteroatoms. The van der Waals surface area contributed by atoms with E-state index in [-0.39, 0.29) is 0 Å². The minimum Gasteiger partial charge on any atom is -0.0901 e. The topological polar surface area (TPSA) is 0 Å². The van der Waals surface area contributed by atoms with E-state index in [1.807, 2.05) is 11.8 Å². The van der Waals surface area contributed by atoms with Crippen molar-refractivity contribution in [2.45, 2.75) is 75.0 Å². The summed E-state index contributed by atoms with van der Waals surface area (Å²) in [4.78, 5) is 2.59. The number of hydrogen-bond acceptors (Lipinski definition) is 1. The third-order valence-electron chi connectivity index (χ3n) is 7.87. The Hall–Kier alpha value is -2.77. The van der Waals surface area contributed by atoms with Crippen LogP contribution in [-0.4, -0.2) is 0 Å². The van der Waals surface area contributed by atoms with Gasteiger partial charge in [0.15, 0.2) is 0 Å². The summed E-state index contributed by atoms with van der Waals surface area (Å²) in [6.45, 7) is 9.33. The van der Waals surface area contributed by atoms with Crippen LogP contribution < -0.4 is 0 Å². The molecule has 4 atom stereocenters. The molecule has 0 heterocycles. The summed E-state index contributed by atoms with van der Waals surface area (Å²) in [5.74, 6) is 2.32. The smallest absolute Gasteiger partial charge is 0.0122 e. The summed E-state index contributed by atoms with van der Waals surface area (Å²) in [6.07, 6.45) is 4.81. The molecule has 0 aromatic heterocycles. The van der Waals surface area contributed by atoms with Crippen LogP contribution in [0.4, 0.5) is 0 Å². The summed E-state index contributed by atoms with van der Waals surface area (Å²) < 4.78 is 0. The van der Waals surface area contributed by atoms with Gasteiger partial charge in [0.05, 0.1) is 0 Å². The van der Waals surface area contributed by atoms with Gasteiger partial charge in [-0.25, -0.2) is 0 Å². The Morgan fingerprint density at radius 3 is 1.11 bits per heavy atom. The van der Waals surface area contributed by atoms with E-state index >= 15 is 0 Å². The SMILES string of the molecule is CCC(C)CC(c1ccccc1)c1ccc(Sc2ccc(C(CC(C)CC)c3ccccc3)cc2)cc1. The first-order valence-corrected chi connectivity index (χ1v) is 14.9. The average Bonchev–Trinajstić information content (AvgIpc) is 2.96. The molecule has 4 aromatic rings. The lowest BCUT2D eigenvalue weighted by Gasteiger charge is -2.22. The van der Waals surface area contributed by atoms with Gasteiger partial charge in [0.2, 0.25) is 0 Å². The first kappa shape index (κ1) is 27.3. The highest BCUT2D eigenvalue weighted by atomic mass is 32.2. The Morgan fingerprint density at radius 2 is 0.784 bits per heavy atom. The van der Waals surface area contributed by atoms with Crippen LogP contribution in [-0.2, 0) is 0 Å². The molecule has 0 radical (unpaired) electrons. The van der Waals surface area contributed by atoms with Gasteiger partial charge < -0.3 is 0 Å².